The zero-order valence-corrected chi connectivity index (χ0v) is 13.5. The third-order valence-electron chi connectivity index (χ3n) is 4.67. The summed E-state index contributed by atoms with van der Waals surface area (Å²) in [5, 5.41) is 3.39. The molecule has 2 aliphatic rings. The highest BCUT2D eigenvalue weighted by Crippen LogP contribution is 2.26. The lowest BCUT2D eigenvalue weighted by molar-refractivity contribution is 0.312. The molecule has 1 fully saturated rings. The first kappa shape index (κ1) is 14.5. The van der Waals surface area contributed by atoms with Gasteiger partial charge in [-0.25, -0.2) is 4.98 Å². The summed E-state index contributed by atoms with van der Waals surface area (Å²) in [5.41, 5.74) is 9.30. The van der Waals surface area contributed by atoms with Crippen molar-refractivity contribution in [3.8, 4) is 11.3 Å². The van der Waals surface area contributed by atoms with Gasteiger partial charge >= 0.3 is 0 Å². The van der Waals surface area contributed by atoms with Crippen LogP contribution >= 0.6 is 0 Å². The van der Waals surface area contributed by atoms with Crippen LogP contribution in [0.3, 0.4) is 0 Å². The molecule has 0 saturated carbocycles. The Hall–Kier alpha value is -2.12. The highest BCUT2D eigenvalue weighted by Gasteiger charge is 2.18. The molecule has 3 N–H and O–H groups in total. The number of likely N-dealkylation sites (N-methyl/N-ethyl adjacent to an activating group) is 1. The van der Waals surface area contributed by atoms with E-state index in [0.717, 1.165) is 62.9 Å². The molecule has 0 bridgehead atoms. The van der Waals surface area contributed by atoms with E-state index < -0.39 is 0 Å². The maximum atomic E-state index is 5.97. The lowest BCUT2D eigenvalue weighted by Gasteiger charge is -2.33. The smallest absolute Gasteiger partial charge is 0.222 e. The van der Waals surface area contributed by atoms with Crippen LogP contribution in [0.15, 0.2) is 18.3 Å². The minimum absolute atomic E-state index is 0.346. The van der Waals surface area contributed by atoms with Crippen molar-refractivity contribution in [2.45, 2.75) is 13.1 Å². The molecule has 0 unspecified atom stereocenters. The fourth-order valence-electron chi connectivity index (χ4n) is 3.27. The summed E-state index contributed by atoms with van der Waals surface area (Å²) in [4.78, 5) is 13.5. The molecule has 0 spiro atoms. The fourth-order valence-corrected chi connectivity index (χ4v) is 3.27. The Kier molecular flexibility index (Phi) is 3.66. The molecule has 0 aromatic carbocycles. The average molecular weight is 313 g/mol. The zero-order valence-electron chi connectivity index (χ0n) is 13.5. The number of piperazine rings is 1. The summed E-state index contributed by atoms with van der Waals surface area (Å²) in [6.45, 7) is 6.97. The minimum Gasteiger partial charge on any atom is -0.368 e. The second-order valence-electron chi connectivity index (χ2n) is 6.35. The molecule has 7 heteroatoms. The van der Waals surface area contributed by atoms with Gasteiger partial charge in [0.1, 0.15) is 5.82 Å². The van der Waals surface area contributed by atoms with Crippen molar-refractivity contribution < 1.29 is 0 Å². The van der Waals surface area contributed by atoms with Crippen LogP contribution in [0, 0.1) is 0 Å². The maximum Gasteiger partial charge on any atom is 0.222 e. The van der Waals surface area contributed by atoms with Crippen LogP contribution in [0.1, 0.15) is 5.69 Å². The molecular weight excluding hydrogens is 290 g/mol. The number of nitrogens with zero attached hydrogens (tertiary/aromatic N) is 5. The molecule has 0 radical (unpaired) electrons. The molecule has 7 nitrogen and oxygen atoms in total. The van der Waals surface area contributed by atoms with Gasteiger partial charge in [-0.3, -0.25) is 0 Å². The van der Waals surface area contributed by atoms with Crippen LogP contribution < -0.4 is 16.0 Å². The molecule has 4 heterocycles. The van der Waals surface area contributed by atoms with E-state index in [2.05, 4.69) is 55.0 Å². The molecule has 23 heavy (non-hydrogen) atoms. The minimum atomic E-state index is 0.346. The van der Waals surface area contributed by atoms with Crippen LogP contribution in [-0.2, 0) is 13.1 Å². The largest absolute Gasteiger partial charge is 0.368 e. The highest BCUT2D eigenvalue weighted by atomic mass is 15.3. The predicted octanol–water partition coefficient (Wildman–Crippen LogP) is 0.382. The van der Waals surface area contributed by atoms with Gasteiger partial charge in [0, 0.05) is 69.3 Å². The van der Waals surface area contributed by atoms with Gasteiger partial charge in [0.2, 0.25) is 5.95 Å². The molecule has 0 atom stereocenters. The Morgan fingerprint density at radius 2 is 1.91 bits per heavy atom. The number of fused-ring (bicyclic) bond motifs is 1. The number of nitrogen functional groups attached to an aromatic ring is 1. The molecule has 1 saturated heterocycles. The van der Waals surface area contributed by atoms with Crippen LogP contribution in [0.4, 0.5) is 11.8 Å². The number of hydrogen-bond donors (Lipinski definition) is 2. The van der Waals surface area contributed by atoms with E-state index in [-0.39, 0.29) is 0 Å². The second kappa shape index (κ2) is 5.82. The Morgan fingerprint density at radius 1 is 1.09 bits per heavy atom. The molecule has 4 rings (SSSR count). The van der Waals surface area contributed by atoms with E-state index in [0.29, 0.717) is 5.95 Å². The topological polar surface area (TPSA) is 75.2 Å². The lowest BCUT2D eigenvalue weighted by atomic mass is 10.2. The highest BCUT2D eigenvalue weighted by molar-refractivity contribution is 5.65. The molecule has 0 amide bonds. The zero-order chi connectivity index (χ0) is 15.8. The first-order chi connectivity index (χ1) is 11.2. The number of nitrogens with one attached hydrogen (secondary N) is 1. The Bertz CT molecular complexity index is 677. The Labute approximate surface area is 136 Å². The van der Waals surface area contributed by atoms with Gasteiger partial charge in [0.25, 0.3) is 0 Å². The fraction of sp³-hybridized carbons (Fsp3) is 0.500. The molecule has 2 aromatic heterocycles. The quantitative estimate of drug-likeness (QED) is 0.835. The van der Waals surface area contributed by atoms with Gasteiger partial charge in [0.15, 0.2) is 0 Å². The van der Waals surface area contributed by atoms with Gasteiger partial charge in [-0.2, -0.15) is 4.98 Å². The number of hydrogen-bond acceptors (Lipinski definition) is 6. The monoisotopic (exact) mass is 313 g/mol. The van der Waals surface area contributed by atoms with E-state index in [1.54, 1.807) is 0 Å². The lowest BCUT2D eigenvalue weighted by Crippen LogP contribution is -2.44. The maximum absolute atomic E-state index is 5.97. The third-order valence-corrected chi connectivity index (χ3v) is 4.67. The number of aromatic nitrogens is 3. The van der Waals surface area contributed by atoms with Crippen molar-refractivity contribution in [3.63, 3.8) is 0 Å². The van der Waals surface area contributed by atoms with E-state index in [1.807, 2.05) is 0 Å². The molecule has 122 valence electrons. The van der Waals surface area contributed by atoms with Crippen molar-refractivity contribution in [1.29, 1.82) is 0 Å². The summed E-state index contributed by atoms with van der Waals surface area (Å²) in [7, 11) is 2.15. The summed E-state index contributed by atoms with van der Waals surface area (Å²) < 4.78 is 2.29. The van der Waals surface area contributed by atoms with Crippen LogP contribution in [0.25, 0.3) is 11.3 Å². The average Bonchev–Trinajstić information content (AvgIpc) is 2.99. The predicted molar refractivity (Wildman–Crippen MR) is 91.3 cm³/mol. The van der Waals surface area contributed by atoms with E-state index >= 15 is 0 Å². The van der Waals surface area contributed by atoms with Gasteiger partial charge in [-0.05, 0) is 13.1 Å². The van der Waals surface area contributed by atoms with Gasteiger partial charge in [-0.1, -0.05) is 0 Å². The van der Waals surface area contributed by atoms with Gasteiger partial charge in [0.05, 0.1) is 5.69 Å². The first-order valence-corrected chi connectivity index (χ1v) is 8.17. The Morgan fingerprint density at radius 3 is 2.70 bits per heavy atom. The van der Waals surface area contributed by atoms with E-state index in [1.165, 1.54) is 5.69 Å². The summed E-state index contributed by atoms with van der Waals surface area (Å²) in [5.74, 6) is 1.28. The SMILES string of the molecule is CN1CCN(c2cc(-c3cc4n(c3)CCNC4)nc(N)n2)CC1. The van der Waals surface area contributed by atoms with Crippen LogP contribution in [-0.4, -0.2) is 59.2 Å². The summed E-state index contributed by atoms with van der Waals surface area (Å²) in [6, 6.07) is 4.26. The molecular formula is C16H23N7. The normalized spacial score (nSPS) is 18.9. The van der Waals surface area contributed by atoms with Crippen molar-refractivity contribution >= 4 is 11.8 Å². The van der Waals surface area contributed by atoms with Crippen LogP contribution in [0.5, 0.6) is 0 Å². The number of rotatable bonds is 2. The molecule has 2 aliphatic heterocycles. The third kappa shape index (κ3) is 2.89. The summed E-state index contributed by atoms with van der Waals surface area (Å²) in [6.07, 6.45) is 2.17. The molecule has 0 aliphatic carbocycles. The second-order valence-corrected chi connectivity index (χ2v) is 6.35. The number of anilines is 2. The summed E-state index contributed by atoms with van der Waals surface area (Å²) >= 11 is 0. The number of nitrogens with two attached hydrogens (primary N) is 1. The Balaban J connectivity index is 1.65. The van der Waals surface area contributed by atoms with Gasteiger partial charge in [-0.15, -0.1) is 0 Å². The van der Waals surface area contributed by atoms with Crippen molar-refractivity contribution in [1.82, 2.24) is 24.8 Å². The first-order valence-electron chi connectivity index (χ1n) is 8.17. The standard InChI is InChI=1S/C16H23N7/c1-21-4-6-22(7-5-21)15-9-14(19-16(17)20-15)12-8-13-10-18-2-3-23(13)11-12/h8-9,11,18H,2-7,10H2,1H3,(H2,17,19,20). The van der Waals surface area contributed by atoms with E-state index in [4.69, 9.17) is 5.73 Å². The van der Waals surface area contributed by atoms with Crippen molar-refractivity contribution in [3.05, 3.63) is 24.0 Å². The molecule has 2 aromatic rings. The van der Waals surface area contributed by atoms with Crippen LogP contribution in [0.2, 0.25) is 0 Å². The van der Waals surface area contributed by atoms with Crippen molar-refractivity contribution in [2.24, 2.45) is 0 Å². The van der Waals surface area contributed by atoms with E-state index in [9.17, 15) is 0 Å². The van der Waals surface area contributed by atoms with Crippen molar-refractivity contribution in [2.75, 3.05) is 50.4 Å². The van der Waals surface area contributed by atoms with Gasteiger partial charge < -0.3 is 25.4 Å².